The molecule has 0 spiro atoms. The molecule has 0 atom stereocenters. The minimum Gasteiger partial charge on any atom is -0.359 e. The molecule has 0 unspecified atom stereocenters. The number of carbonyl (C=O) groups is 1. The number of aromatic nitrogens is 3. The maximum atomic E-state index is 12.5. The quantitative estimate of drug-likeness (QED) is 0.763. The molecule has 0 aliphatic carbocycles. The zero-order valence-corrected chi connectivity index (χ0v) is 11.7. The molecule has 2 aromatic heterocycles. The first kappa shape index (κ1) is 12.0. The Hall–Kier alpha value is -2.08. The van der Waals surface area contributed by atoms with Gasteiger partial charge in [-0.15, -0.1) is 0 Å². The number of hydrogen-bond donors (Lipinski definition) is 2. The molecule has 2 heterocycles. The van der Waals surface area contributed by atoms with E-state index in [1.165, 1.54) is 0 Å². The van der Waals surface area contributed by atoms with E-state index in [4.69, 9.17) is 0 Å². The van der Waals surface area contributed by atoms with E-state index in [0.29, 0.717) is 5.56 Å². The van der Waals surface area contributed by atoms with Crippen molar-refractivity contribution in [2.75, 3.05) is 11.9 Å². The molecule has 0 saturated carbocycles. The number of fused-ring (bicyclic) bond motifs is 1. The van der Waals surface area contributed by atoms with E-state index in [-0.39, 0.29) is 5.91 Å². The number of rotatable bonds is 2. The number of halogens is 1. The van der Waals surface area contributed by atoms with Crippen LogP contribution >= 0.6 is 15.9 Å². The minimum absolute atomic E-state index is 0.0780. The highest BCUT2D eigenvalue weighted by Gasteiger charge is 2.18. The molecule has 0 aliphatic heterocycles. The lowest BCUT2D eigenvalue weighted by molar-refractivity contribution is 0.0994. The Morgan fingerprint density at radius 2 is 2.21 bits per heavy atom. The second-order valence-corrected chi connectivity index (χ2v) is 5.04. The lowest BCUT2D eigenvalue weighted by atomic mass is 10.1. The highest BCUT2D eigenvalue weighted by molar-refractivity contribution is 9.10. The third-order valence-corrected chi connectivity index (χ3v) is 3.73. The number of benzene rings is 1. The van der Waals surface area contributed by atoms with Gasteiger partial charge in [0, 0.05) is 29.3 Å². The number of nitrogens with one attached hydrogen (secondary N) is 2. The van der Waals surface area contributed by atoms with Crippen LogP contribution in [0.15, 0.2) is 41.3 Å². The van der Waals surface area contributed by atoms with Crippen LogP contribution in [0.4, 0.5) is 5.69 Å². The van der Waals surface area contributed by atoms with Crippen LogP contribution in [0.3, 0.4) is 0 Å². The van der Waals surface area contributed by atoms with Gasteiger partial charge in [-0.25, -0.2) is 0 Å². The van der Waals surface area contributed by atoms with Gasteiger partial charge in [-0.1, -0.05) is 12.1 Å². The number of para-hydroxylation sites is 1. The smallest absolute Gasteiger partial charge is 0.260 e. The normalized spacial score (nSPS) is 10.8. The summed E-state index contributed by atoms with van der Waals surface area (Å²) < 4.78 is 0.940. The van der Waals surface area contributed by atoms with Crippen molar-refractivity contribution in [1.29, 1.82) is 0 Å². The van der Waals surface area contributed by atoms with Crippen LogP contribution in [-0.4, -0.2) is 28.1 Å². The summed E-state index contributed by atoms with van der Waals surface area (Å²) in [5.41, 5.74) is 2.29. The molecule has 0 fully saturated rings. The van der Waals surface area contributed by atoms with Crippen molar-refractivity contribution < 1.29 is 4.79 Å². The summed E-state index contributed by atoms with van der Waals surface area (Å²) in [4.78, 5) is 17.2. The fraction of sp³-hybridized carbons (Fsp3) is 0.0769. The Morgan fingerprint density at radius 1 is 1.37 bits per heavy atom. The van der Waals surface area contributed by atoms with Gasteiger partial charge in [0.25, 0.3) is 5.91 Å². The second kappa shape index (κ2) is 4.55. The molecule has 19 heavy (non-hydrogen) atoms. The van der Waals surface area contributed by atoms with E-state index in [2.05, 4.69) is 31.1 Å². The summed E-state index contributed by atoms with van der Waals surface area (Å²) in [7, 11) is 1.73. The SMILES string of the molecule is CN(C(=O)c1c[nH]c2c(Br)cccc12)c1cn[nH]c1. The molecule has 1 aromatic carbocycles. The van der Waals surface area contributed by atoms with Gasteiger partial charge in [-0.3, -0.25) is 9.89 Å². The Kier molecular flexibility index (Phi) is 2.87. The van der Waals surface area contributed by atoms with Gasteiger partial charge in [0.05, 0.1) is 23.0 Å². The summed E-state index contributed by atoms with van der Waals surface area (Å²) in [6.45, 7) is 0. The summed E-state index contributed by atoms with van der Waals surface area (Å²) in [5, 5.41) is 7.44. The predicted molar refractivity (Wildman–Crippen MR) is 77.3 cm³/mol. The Morgan fingerprint density at radius 3 is 2.95 bits per heavy atom. The monoisotopic (exact) mass is 318 g/mol. The first-order valence-corrected chi connectivity index (χ1v) is 6.50. The van der Waals surface area contributed by atoms with Crippen molar-refractivity contribution in [2.24, 2.45) is 0 Å². The predicted octanol–water partition coefficient (Wildman–Crippen LogP) is 2.93. The zero-order valence-electron chi connectivity index (χ0n) is 10.1. The third-order valence-electron chi connectivity index (χ3n) is 3.07. The highest BCUT2D eigenvalue weighted by atomic mass is 79.9. The van der Waals surface area contributed by atoms with Gasteiger partial charge < -0.3 is 9.88 Å². The van der Waals surface area contributed by atoms with Gasteiger partial charge >= 0.3 is 0 Å². The van der Waals surface area contributed by atoms with E-state index < -0.39 is 0 Å². The van der Waals surface area contributed by atoms with Crippen LogP contribution in [-0.2, 0) is 0 Å². The number of carbonyl (C=O) groups excluding carboxylic acids is 1. The fourth-order valence-corrected chi connectivity index (χ4v) is 2.50. The topological polar surface area (TPSA) is 64.8 Å². The van der Waals surface area contributed by atoms with Gasteiger partial charge in [0.15, 0.2) is 0 Å². The molecule has 96 valence electrons. The van der Waals surface area contributed by atoms with Crippen LogP contribution in [0.25, 0.3) is 10.9 Å². The molecular formula is C13H11BrN4O. The molecule has 2 N–H and O–H groups in total. The molecule has 0 aliphatic rings. The zero-order chi connectivity index (χ0) is 13.4. The van der Waals surface area contributed by atoms with Crippen molar-refractivity contribution >= 4 is 38.4 Å². The summed E-state index contributed by atoms with van der Waals surface area (Å²) >= 11 is 3.46. The molecule has 6 heteroatoms. The van der Waals surface area contributed by atoms with Gasteiger partial charge in [0.2, 0.25) is 0 Å². The molecule has 0 bridgehead atoms. The minimum atomic E-state index is -0.0780. The number of hydrogen-bond acceptors (Lipinski definition) is 2. The van der Waals surface area contributed by atoms with Crippen molar-refractivity contribution in [3.05, 3.63) is 46.8 Å². The average molecular weight is 319 g/mol. The number of aromatic amines is 2. The Bertz CT molecular complexity index is 732. The van der Waals surface area contributed by atoms with E-state index >= 15 is 0 Å². The fourth-order valence-electron chi connectivity index (χ4n) is 2.02. The Balaban J connectivity index is 2.05. The maximum Gasteiger partial charge on any atom is 0.260 e. The lowest BCUT2D eigenvalue weighted by Gasteiger charge is -2.14. The summed E-state index contributed by atoms with van der Waals surface area (Å²) in [6, 6.07) is 5.77. The average Bonchev–Trinajstić information content (AvgIpc) is 3.07. The van der Waals surface area contributed by atoms with Gasteiger partial charge in [-0.05, 0) is 22.0 Å². The van der Waals surface area contributed by atoms with E-state index in [1.54, 1.807) is 30.5 Å². The largest absolute Gasteiger partial charge is 0.359 e. The molecule has 5 nitrogen and oxygen atoms in total. The van der Waals surface area contributed by atoms with Crippen molar-refractivity contribution in [2.45, 2.75) is 0 Å². The number of anilines is 1. The van der Waals surface area contributed by atoms with E-state index in [9.17, 15) is 4.79 Å². The van der Waals surface area contributed by atoms with Crippen LogP contribution in [0.5, 0.6) is 0 Å². The standard InChI is InChI=1S/C13H11BrN4O/c1-18(8-5-16-17-6-8)13(19)10-7-15-12-9(10)3-2-4-11(12)14/h2-7,15H,1H3,(H,16,17). The van der Waals surface area contributed by atoms with E-state index in [0.717, 1.165) is 21.1 Å². The second-order valence-electron chi connectivity index (χ2n) is 4.19. The molecule has 0 saturated heterocycles. The van der Waals surface area contributed by atoms with Crippen LogP contribution in [0.1, 0.15) is 10.4 Å². The summed E-state index contributed by atoms with van der Waals surface area (Å²) in [5.74, 6) is -0.0780. The molecule has 0 radical (unpaired) electrons. The molecular weight excluding hydrogens is 308 g/mol. The van der Waals surface area contributed by atoms with Gasteiger partial charge in [0.1, 0.15) is 0 Å². The van der Waals surface area contributed by atoms with E-state index in [1.807, 2.05) is 18.2 Å². The van der Waals surface area contributed by atoms with Crippen molar-refractivity contribution in [1.82, 2.24) is 15.2 Å². The van der Waals surface area contributed by atoms with Crippen LogP contribution in [0, 0.1) is 0 Å². The van der Waals surface area contributed by atoms with Gasteiger partial charge in [-0.2, -0.15) is 5.10 Å². The highest BCUT2D eigenvalue weighted by Crippen LogP contribution is 2.27. The number of amides is 1. The summed E-state index contributed by atoms with van der Waals surface area (Å²) in [6.07, 6.45) is 5.03. The molecule has 1 amide bonds. The first-order chi connectivity index (χ1) is 9.18. The van der Waals surface area contributed by atoms with Crippen LogP contribution in [0.2, 0.25) is 0 Å². The number of H-pyrrole nitrogens is 2. The molecule has 3 aromatic rings. The first-order valence-electron chi connectivity index (χ1n) is 5.71. The van der Waals surface area contributed by atoms with Crippen molar-refractivity contribution in [3.63, 3.8) is 0 Å². The third kappa shape index (κ3) is 1.94. The lowest BCUT2D eigenvalue weighted by Crippen LogP contribution is -2.25. The van der Waals surface area contributed by atoms with Crippen LogP contribution < -0.4 is 4.90 Å². The number of nitrogens with zero attached hydrogens (tertiary/aromatic N) is 2. The maximum absolute atomic E-state index is 12.5. The molecule has 3 rings (SSSR count). The Labute approximate surface area is 117 Å². The van der Waals surface area contributed by atoms with Crippen molar-refractivity contribution in [3.8, 4) is 0 Å².